The largest absolute Gasteiger partial charge is 0.481 e. The Hall–Kier alpha value is -2.56. The van der Waals surface area contributed by atoms with Crippen LogP contribution in [0.2, 0.25) is 0 Å². The third-order valence-electron chi connectivity index (χ3n) is 4.21. The van der Waals surface area contributed by atoms with Gasteiger partial charge in [-0.3, -0.25) is 14.4 Å². The lowest BCUT2D eigenvalue weighted by Crippen LogP contribution is -2.41. The first-order valence-corrected chi connectivity index (χ1v) is 9.01. The number of carbonyl (C=O) groups excluding carboxylic acids is 2. The van der Waals surface area contributed by atoms with Gasteiger partial charge in [-0.05, 0) is 32.6 Å². The van der Waals surface area contributed by atoms with E-state index >= 15 is 0 Å². The van der Waals surface area contributed by atoms with Crippen molar-refractivity contribution >= 4 is 17.8 Å². The highest BCUT2D eigenvalue weighted by molar-refractivity contribution is 5.97. The fraction of sp³-hybridized carbons (Fsp3) is 0.667. The minimum atomic E-state index is -0.804. The molecule has 8 heteroatoms. The van der Waals surface area contributed by atoms with E-state index in [-0.39, 0.29) is 29.8 Å². The van der Waals surface area contributed by atoms with Gasteiger partial charge in [0.2, 0.25) is 0 Å². The molecule has 26 heavy (non-hydrogen) atoms. The second kappa shape index (κ2) is 11.9. The van der Waals surface area contributed by atoms with E-state index in [2.05, 4.69) is 5.32 Å². The van der Waals surface area contributed by atoms with Crippen LogP contribution in [0, 0.1) is 17.2 Å². The number of nitriles is 1. The lowest BCUT2D eigenvalue weighted by Gasteiger charge is -2.30. The highest BCUT2D eigenvalue weighted by Crippen LogP contribution is 2.20. The van der Waals surface area contributed by atoms with Gasteiger partial charge >= 0.3 is 11.9 Å². The van der Waals surface area contributed by atoms with E-state index in [1.54, 1.807) is 11.8 Å². The van der Waals surface area contributed by atoms with Crippen molar-refractivity contribution in [2.45, 2.75) is 45.4 Å². The maximum absolute atomic E-state index is 12.4. The lowest BCUT2D eigenvalue weighted by atomic mass is 9.96. The Morgan fingerprint density at radius 2 is 1.96 bits per heavy atom. The van der Waals surface area contributed by atoms with Crippen molar-refractivity contribution < 1.29 is 24.2 Å². The van der Waals surface area contributed by atoms with Crippen LogP contribution < -0.4 is 5.32 Å². The zero-order valence-electron chi connectivity index (χ0n) is 15.2. The molecule has 1 aliphatic heterocycles. The maximum Gasteiger partial charge on any atom is 0.309 e. The zero-order valence-corrected chi connectivity index (χ0v) is 15.2. The standard InChI is InChI=1S/C18H27N3O5/c1-2-26-18(25)14-7-10-21(11-8-14)17(24)15(12-19)13-20-9-5-3-4-6-16(22)23/h13-14,20H,2-11H2,1H3,(H,22,23)/b15-13-. The van der Waals surface area contributed by atoms with Crippen LogP contribution in [-0.4, -0.2) is 54.1 Å². The summed E-state index contributed by atoms with van der Waals surface area (Å²) in [6.07, 6.45) is 4.79. The number of esters is 1. The van der Waals surface area contributed by atoms with Crippen LogP contribution in [0.3, 0.4) is 0 Å². The molecular formula is C18H27N3O5. The number of carbonyl (C=O) groups is 3. The number of unbranched alkanes of at least 4 members (excludes halogenated alkanes) is 2. The molecule has 1 fully saturated rings. The first-order valence-electron chi connectivity index (χ1n) is 9.01. The summed E-state index contributed by atoms with van der Waals surface area (Å²) < 4.78 is 5.00. The van der Waals surface area contributed by atoms with Crippen molar-refractivity contribution in [1.29, 1.82) is 5.26 Å². The molecule has 144 valence electrons. The van der Waals surface area contributed by atoms with Gasteiger partial charge in [0.05, 0.1) is 12.5 Å². The van der Waals surface area contributed by atoms with E-state index in [1.165, 1.54) is 6.20 Å². The molecule has 1 saturated heterocycles. The summed E-state index contributed by atoms with van der Waals surface area (Å²) in [5, 5.41) is 20.7. The summed E-state index contributed by atoms with van der Waals surface area (Å²) in [6.45, 7) is 3.54. The van der Waals surface area contributed by atoms with Crippen molar-refractivity contribution in [3.05, 3.63) is 11.8 Å². The highest BCUT2D eigenvalue weighted by Gasteiger charge is 2.29. The Morgan fingerprint density at radius 3 is 2.54 bits per heavy atom. The van der Waals surface area contributed by atoms with Crippen molar-refractivity contribution in [2.24, 2.45) is 5.92 Å². The molecule has 2 N–H and O–H groups in total. The van der Waals surface area contributed by atoms with E-state index in [1.807, 2.05) is 6.07 Å². The third kappa shape index (κ3) is 7.55. The Labute approximate surface area is 153 Å². The average Bonchev–Trinajstić information content (AvgIpc) is 2.63. The quantitative estimate of drug-likeness (QED) is 0.260. The number of likely N-dealkylation sites (tertiary alicyclic amines) is 1. The van der Waals surface area contributed by atoms with Crippen molar-refractivity contribution in [3.8, 4) is 6.07 Å². The summed E-state index contributed by atoms with van der Waals surface area (Å²) in [7, 11) is 0. The summed E-state index contributed by atoms with van der Waals surface area (Å²) in [5.74, 6) is -1.55. The molecule has 1 amide bonds. The molecule has 0 atom stereocenters. The summed E-state index contributed by atoms with van der Waals surface area (Å²) in [5.41, 5.74) is 0.0325. The first-order chi connectivity index (χ1) is 12.5. The van der Waals surface area contributed by atoms with Gasteiger partial charge in [0, 0.05) is 32.3 Å². The Morgan fingerprint density at radius 1 is 1.27 bits per heavy atom. The second-order valence-electron chi connectivity index (χ2n) is 6.15. The van der Waals surface area contributed by atoms with Crippen LogP contribution in [0.4, 0.5) is 0 Å². The molecule has 1 rings (SSSR count). The van der Waals surface area contributed by atoms with Crippen LogP contribution >= 0.6 is 0 Å². The van der Waals surface area contributed by atoms with Crippen LogP contribution in [0.5, 0.6) is 0 Å². The predicted molar refractivity (Wildman–Crippen MR) is 93.7 cm³/mol. The Kier molecular flexibility index (Phi) is 9.83. The van der Waals surface area contributed by atoms with Crippen molar-refractivity contribution in [1.82, 2.24) is 10.2 Å². The van der Waals surface area contributed by atoms with Gasteiger partial charge in [-0.15, -0.1) is 0 Å². The molecular weight excluding hydrogens is 338 g/mol. The number of piperidine rings is 1. The number of carboxylic acids is 1. The van der Waals surface area contributed by atoms with E-state index in [0.29, 0.717) is 45.5 Å². The number of hydrogen-bond donors (Lipinski definition) is 2. The minimum absolute atomic E-state index is 0.0325. The predicted octanol–water partition coefficient (Wildman–Crippen LogP) is 1.43. The molecule has 0 aliphatic carbocycles. The molecule has 0 unspecified atom stereocenters. The molecule has 0 aromatic rings. The summed E-state index contributed by atoms with van der Waals surface area (Å²) >= 11 is 0. The van der Waals surface area contributed by atoms with Gasteiger partial charge < -0.3 is 20.1 Å². The van der Waals surface area contributed by atoms with Crippen LogP contribution in [-0.2, 0) is 19.1 Å². The SMILES string of the molecule is CCOC(=O)C1CCN(C(=O)/C(C#N)=C\NCCCCCC(=O)O)CC1. The number of nitrogens with zero attached hydrogens (tertiary/aromatic N) is 2. The van der Waals surface area contributed by atoms with E-state index in [9.17, 15) is 19.6 Å². The van der Waals surface area contributed by atoms with Crippen LogP contribution in [0.1, 0.15) is 45.4 Å². The lowest BCUT2D eigenvalue weighted by molar-refractivity contribution is -0.150. The monoisotopic (exact) mass is 365 g/mol. The molecule has 0 bridgehead atoms. The third-order valence-corrected chi connectivity index (χ3v) is 4.21. The van der Waals surface area contributed by atoms with Crippen LogP contribution in [0.15, 0.2) is 11.8 Å². The van der Waals surface area contributed by atoms with Gasteiger partial charge in [0.1, 0.15) is 11.6 Å². The molecule has 1 aliphatic rings. The van der Waals surface area contributed by atoms with Gasteiger partial charge in [-0.1, -0.05) is 6.42 Å². The van der Waals surface area contributed by atoms with Crippen molar-refractivity contribution in [3.63, 3.8) is 0 Å². The first kappa shape index (κ1) is 21.5. The molecule has 0 spiro atoms. The molecule has 0 aromatic carbocycles. The molecule has 0 radical (unpaired) electrons. The van der Waals surface area contributed by atoms with Crippen LogP contribution in [0.25, 0.3) is 0 Å². The normalized spacial score (nSPS) is 15.2. The minimum Gasteiger partial charge on any atom is -0.481 e. The molecule has 8 nitrogen and oxygen atoms in total. The van der Waals surface area contributed by atoms with Gasteiger partial charge in [0.25, 0.3) is 5.91 Å². The number of carboxylic acid groups (broad SMARTS) is 1. The second-order valence-corrected chi connectivity index (χ2v) is 6.15. The maximum atomic E-state index is 12.4. The van der Waals surface area contributed by atoms with E-state index in [4.69, 9.17) is 9.84 Å². The topological polar surface area (TPSA) is 120 Å². The molecule has 0 aromatic heterocycles. The fourth-order valence-corrected chi connectivity index (χ4v) is 2.74. The summed E-state index contributed by atoms with van der Waals surface area (Å²) in [6, 6.07) is 1.91. The smallest absolute Gasteiger partial charge is 0.309 e. The Balaban J connectivity index is 2.36. The van der Waals surface area contributed by atoms with E-state index < -0.39 is 5.97 Å². The summed E-state index contributed by atoms with van der Waals surface area (Å²) in [4.78, 5) is 36.1. The van der Waals surface area contributed by atoms with Gasteiger partial charge in [-0.2, -0.15) is 5.26 Å². The number of aliphatic carboxylic acids is 1. The number of amides is 1. The van der Waals surface area contributed by atoms with Crippen molar-refractivity contribution in [2.75, 3.05) is 26.2 Å². The number of ether oxygens (including phenoxy) is 1. The number of nitrogens with one attached hydrogen (secondary N) is 1. The number of hydrogen-bond acceptors (Lipinski definition) is 6. The van der Waals surface area contributed by atoms with Gasteiger partial charge in [0.15, 0.2) is 0 Å². The molecule has 1 heterocycles. The average molecular weight is 365 g/mol. The fourth-order valence-electron chi connectivity index (χ4n) is 2.74. The number of rotatable bonds is 10. The zero-order chi connectivity index (χ0) is 19.4. The Bertz CT molecular complexity index is 560. The molecule has 0 saturated carbocycles. The van der Waals surface area contributed by atoms with E-state index in [0.717, 1.165) is 12.8 Å². The highest BCUT2D eigenvalue weighted by atomic mass is 16.5. The van der Waals surface area contributed by atoms with Gasteiger partial charge in [-0.25, -0.2) is 0 Å².